The molecular formula is C27H46O3. The molecule has 0 bridgehead atoms. The zero-order chi connectivity index (χ0) is 21.7. The highest BCUT2D eigenvalue weighted by Crippen LogP contribution is 2.68. The van der Waals surface area contributed by atoms with Crippen molar-refractivity contribution in [1.29, 1.82) is 0 Å². The first kappa shape index (κ1) is 22.8. The van der Waals surface area contributed by atoms with Crippen LogP contribution >= 0.6 is 0 Å². The minimum atomic E-state index is -0.538. The fourth-order valence-corrected chi connectivity index (χ4v) is 9.10. The summed E-state index contributed by atoms with van der Waals surface area (Å²) in [4.78, 5) is 0. The Balaban J connectivity index is 1.51. The third-order valence-electron chi connectivity index (χ3n) is 10.7. The molecule has 0 heterocycles. The molecule has 4 fully saturated rings. The molecular weight excluding hydrogens is 372 g/mol. The van der Waals surface area contributed by atoms with E-state index in [1.165, 1.54) is 44.1 Å². The highest BCUT2D eigenvalue weighted by Gasteiger charge is 2.61. The highest BCUT2D eigenvalue weighted by atomic mass is 16.3. The number of allylic oxidation sites excluding steroid dienone is 2. The largest absolute Gasteiger partial charge is 0.396 e. The van der Waals surface area contributed by atoms with Crippen molar-refractivity contribution in [3.63, 3.8) is 0 Å². The molecule has 3 N–H and O–H groups in total. The number of fused-ring (bicyclic) bond motifs is 5. The Kier molecular flexibility index (Phi) is 6.48. The van der Waals surface area contributed by atoms with E-state index in [0.717, 1.165) is 37.5 Å². The van der Waals surface area contributed by atoms with Crippen molar-refractivity contribution in [2.75, 3.05) is 6.61 Å². The summed E-state index contributed by atoms with van der Waals surface area (Å²) in [6.45, 7) is 9.67. The highest BCUT2D eigenvalue weighted by molar-refractivity contribution is 5.11. The van der Waals surface area contributed by atoms with Crippen molar-refractivity contribution in [1.82, 2.24) is 0 Å². The second kappa shape index (κ2) is 8.52. The quantitative estimate of drug-likeness (QED) is 0.529. The maximum atomic E-state index is 10.5. The van der Waals surface area contributed by atoms with Crippen molar-refractivity contribution in [3.05, 3.63) is 11.6 Å². The van der Waals surface area contributed by atoms with Gasteiger partial charge in [-0.2, -0.15) is 0 Å². The van der Waals surface area contributed by atoms with Gasteiger partial charge in [0, 0.05) is 6.61 Å². The lowest BCUT2D eigenvalue weighted by molar-refractivity contribution is -0.161. The topological polar surface area (TPSA) is 60.7 Å². The van der Waals surface area contributed by atoms with E-state index in [9.17, 15) is 15.3 Å². The van der Waals surface area contributed by atoms with Gasteiger partial charge in [-0.15, -0.1) is 0 Å². The number of aliphatic hydroxyl groups excluding tert-OH is 3. The third kappa shape index (κ3) is 3.71. The van der Waals surface area contributed by atoms with Crippen LogP contribution in [0.25, 0.3) is 0 Å². The molecule has 172 valence electrons. The van der Waals surface area contributed by atoms with E-state index in [4.69, 9.17) is 0 Å². The predicted octanol–water partition coefficient (Wildman–Crippen LogP) is 5.33. The van der Waals surface area contributed by atoms with Crippen LogP contribution in [0.3, 0.4) is 0 Å². The van der Waals surface area contributed by atoms with Crippen LogP contribution in [0.2, 0.25) is 0 Å². The molecule has 0 aromatic rings. The molecule has 4 rings (SSSR count). The second-order valence-corrected chi connectivity index (χ2v) is 12.3. The van der Waals surface area contributed by atoms with Crippen LogP contribution in [-0.2, 0) is 0 Å². The molecule has 0 spiro atoms. The van der Waals surface area contributed by atoms with Gasteiger partial charge in [0.15, 0.2) is 0 Å². The second-order valence-electron chi connectivity index (χ2n) is 12.3. The first-order valence-electron chi connectivity index (χ1n) is 12.8. The Labute approximate surface area is 184 Å². The summed E-state index contributed by atoms with van der Waals surface area (Å²) in [5.41, 5.74) is 1.95. The van der Waals surface area contributed by atoms with E-state index in [1.54, 1.807) is 0 Å². The first-order chi connectivity index (χ1) is 14.2. The Morgan fingerprint density at radius 2 is 1.70 bits per heavy atom. The predicted molar refractivity (Wildman–Crippen MR) is 122 cm³/mol. The first-order valence-corrected chi connectivity index (χ1v) is 12.8. The lowest BCUT2D eigenvalue weighted by Crippen LogP contribution is -2.56. The van der Waals surface area contributed by atoms with E-state index in [2.05, 4.69) is 33.8 Å². The lowest BCUT2D eigenvalue weighted by atomic mass is 9.44. The minimum absolute atomic E-state index is 0.195. The number of aliphatic hydroxyl groups is 3. The summed E-state index contributed by atoms with van der Waals surface area (Å²) >= 11 is 0. The van der Waals surface area contributed by atoms with Gasteiger partial charge in [0.25, 0.3) is 0 Å². The van der Waals surface area contributed by atoms with E-state index >= 15 is 0 Å². The molecule has 0 amide bonds. The van der Waals surface area contributed by atoms with Gasteiger partial charge in [-0.25, -0.2) is 0 Å². The van der Waals surface area contributed by atoms with Gasteiger partial charge in [-0.05, 0) is 124 Å². The maximum Gasteiger partial charge on any atom is 0.0804 e. The third-order valence-corrected chi connectivity index (χ3v) is 10.7. The smallest absolute Gasteiger partial charge is 0.0804 e. The molecule has 4 aliphatic carbocycles. The molecule has 0 saturated heterocycles. The summed E-state index contributed by atoms with van der Waals surface area (Å²) in [7, 11) is 0. The molecule has 4 saturated carbocycles. The minimum Gasteiger partial charge on any atom is -0.396 e. The van der Waals surface area contributed by atoms with Gasteiger partial charge in [-0.3, -0.25) is 0 Å². The maximum absolute atomic E-state index is 10.5. The SMILES string of the molecule is CC(C)=CCC[C@@H](CO)[C@H]1CC[C@H]2[C@@H]3CC[C@H]4C[C@H](O)[C@@H](O)C[C@]4(C)[C@H]3CC[C@]12C. The van der Waals surface area contributed by atoms with E-state index in [0.29, 0.717) is 35.7 Å². The number of hydrogen-bond acceptors (Lipinski definition) is 3. The monoisotopic (exact) mass is 418 g/mol. The Hall–Kier alpha value is -0.380. The average molecular weight is 419 g/mol. The molecule has 0 aliphatic heterocycles. The van der Waals surface area contributed by atoms with Crippen LogP contribution < -0.4 is 0 Å². The summed E-state index contributed by atoms with van der Waals surface area (Å²) < 4.78 is 0. The molecule has 4 aliphatic rings. The van der Waals surface area contributed by atoms with Gasteiger partial charge in [0.2, 0.25) is 0 Å². The van der Waals surface area contributed by atoms with Crippen molar-refractivity contribution in [2.45, 2.75) is 104 Å². The van der Waals surface area contributed by atoms with Gasteiger partial charge < -0.3 is 15.3 Å². The summed E-state index contributed by atoms with van der Waals surface area (Å²) in [5.74, 6) is 3.92. The van der Waals surface area contributed by atoms with Gasteiger partial charge in [0.1, 0.15) is 0 Å². The van der Waals surface area contributed by atoms with Crippen molar-refractivity contribution in [3.8, 4) is 0 Å². The van der Waals surface area contributed by atoms with Crippen LogP contribution in [-0.4, -0.2) is 34.1 Å². The lowest BCUT2D eigenvalue weighted by Gasteiger charge is -2.61. The molecule has 10 atom stereocenters. The summed E-state index contributed by atoms with van der Waals surface area (Å²) in [6.07, 6.45) is 12.8. The molecule has 3 heteroatoms. The molecule has 30 heavy (non-hydrogen) atoms. The normalized spacial score (nSPS) is 49.0. The van der Waals surface area contributed by atoms with Gasteiger partial charge >= 0.3 is 0 Å². The molecule has 0 aromatic heterocycles. The Morgan fingerprint density at radius 3 is 2.40 bits per heavy atom. The van der Waals surface area contributed by atoms with Crippen molar-refractivity contribution >= 4 is 0 Å². The average Bonchev–Trinajstić information content (AvgIpc) is 3.03. The fourth-order valence-electron chi connectivity index (χ4n) is 9.10. The summed E-state index contributed by atoms with van der Waals surface area (Å²) in [6, 6.07) is 0. The van der Waals surface area contributed by atoms with E-state index in [1.807, 2.05) is 0 Å². The molecule has 0 aromatic carbocycles. The molecule has 0 unspecified atom stereocenters. The number of rotatable bonds is 5. The zero-order valence-corrected chi connectivity index (χ0v) is 19.8. The Morgan fingerprint density at radius 1 is 0.967 bits per heavy atom. The molecule has 0 radical (unpaired) electrons. The standard InChI is InChI=1S/C27H46O3/c1-17(2)6-5-7-18(16-28)21-10-11-22-20-9-8-19-14-24(29)25(30)15-27(19,4)23(20)12-13-26(21,22)3/h6,18-25,28-30H,5,7-16H2,1-4H3/t18-,19-,20-,21+,22-,23-,24-,25-,26+,27-/m0/s1. The van der Waals surface area contributed by atoms with Crippen molar-refractivity contribution in [2.24, 2.45) is 46.3 Å². The summed E-state index contributed by atoms with van der Waals surface area (Å²) in [5, 5.41) is 31.0. The van der Waals surface area contributed by atoms with E-state index < -0.39 is 12.2 Å². The van der Waals surface area contributed by atoms with Crippen LogP contribution in [0.5, 0.6) is 0 Å². The van der Waals surface area contributed by atoms with Gasteiger partial charge in [-0.1, -0.05) is 25.5 Å². The van der Waals surface area contributed by atoms with Crippen LogP contribution in [0.15, 0.2) is 11.6 Å². The number of hydrogen-bond donors (Lipinski definition) is 3. The van der Waals surface area contributed by atoms with E-state index in [-0.39, 0.29) is 5.41 Å². The fraction of sp³-hybridized carbons (Fsp3) is 0.926. The Bertz CT molecular complexity index is 640. The van der Waals surface area contributed by atoms with Crippen LogP contribution in [0, 0.1) is 46.3 Å². The van der Waals surface area contributed by atoms with Crippen molar-refractivity contribution < 1.29 is 15.3 Å². The zero-order valence-electron chi connectivity index (χ0n) is 19.8. The van der Waals surface area contributed by atoms with Crippen LogP contribution in [0.4, 0.5) is 0 Å². The van der Waals surface area contributed by atoms with Gasteiger partial charge in [0.05, 0.1) is 12.2 Å². The van der Waals surface area contributed by atoms with Crippen LogP contribution in [0.1, 0.15) is 91.9 Å². The molecule has 3 nitrogen and oxygen atoms in total.